The fourth-order valence-corrected chi connectivity index (χ4v) is 2.65. The number of nitrogens with zero attached hydrogens (tertiary/aromatic N) is 2. The van der Waals surface area contributed by atoms with Crippen LogP contribution in [-0.2, 0) is 7.05 Å². The second-order valence-corrected chi connectivity index (χ2v) is 5.22. The van der Waals surface area contributed by atoms with Crippen molar-refractivity contribution >= 4 is 16.8 Å². The summed E-state index contributed by atoms with van der Waals surface area (Å²) in [5, 5.41) is 10.6. The maximum Gasteiger partial charge on any atom is 0.253 e. The molecule has 4 heteroatoms. The van der Waals surface area contributed by atoms with Crippen molar-refractivity contribution < 1.29 is 9.90 Å². The summed E-state index contributed by atoms with van der Waals surface area (Å²) in [6.45, 7) is 1.29. The van der Waals surface area contributed by atoms with Crippen LogP contribution in [0.15, 0.2) is 30.5 Å². The zero-order valence-electron chi connectivity index (χ0n) is 11.0. The van der Waals surface area contributed by atoms with Gasteiger partial charge in [-0.1, -0.05) is 6.07 Å². The van der Waals surface area contributed by atoms with E-state index in [1.807, 2.05) is 47.0 Å². The first-order chi connectivity index (χ1) is 9.15. The molecule has 0 aliphatic carbocycles. The zero-order valence-corrected chi connectivity index (χ0v) is 11.0. The van der Waals surface area contributed by atoms with Gasteiger partial charge in [0.1, 0.15) is 0 Å². The van der Waals surface area contributed by atoms with Gasteiger partial charge in [0.15, 0.2) is 0 Å². The van der Waals surface area contributed by atoms with E-state index in [4.69, 9.17) is 0 Å². The number of carbonyl (C=O) groups excluding carboxylic acids is 1. The smallest absolute Gasteiger partial charge is 0.253 e. The van der Waals surface area contributed by atoms with Crippen LogP contribution < -0.4 is 0 Å². The van der Waals surface area contributed by atoms with Gasteiger partial charge in [0.2, 0.25) is 0 Å². The lowest BCUT2D eigenvalue weighted by Crippen LogP contribution is -2.40. The lowest BCUT2D eigenvalue weighted by atomic mass is 10.1. The van der Waals surface area contributed by atoms with E-state index in [2.05, 4.69) is 0 Å². The highest BCUT2D eigenvalue weighted by molar-refractivity contribution is 5.98. The number of likely N-dealkylation sites (tertiary alicyclic amines) is 1. The van der Waals surface area contributed by atoms with E-state index in [-0.39, 0.29) is 12.0 Å². The standard InChI is InChI=1S/C15H18N2O2/c1-16-7-4-11-2-3-12(10-14(11)16)15(19)17-8-5-13(18)6-9-17/h2-4,7,10,13,18H,5-6,8-9H2,1H3. The van der Waals surface area contributed by atoms with Crippen LogP contribution in [0.25, 0.3) is 10.9 Å². The normalized spacial score (nSPS) is 17.1. The number of aryl methyl sites for hydroxylation is 1. The largest absolute Gasteiger partial charge is 0.393 e. The minimum Gasteiger partial charge on any atom is -0.393 e. The molecule has 1 aromatic carbocycles. The Morgan fingerprint density at radius 2 is 2.00 bits per heavy atom. The van der Waals surface area contributed by atoms with Crippen LogP contribution in [0.3, 0.4) is 0 Å². The molecule has 1 aromatic heterocycles. The molecule has 4 nitrogen and oxygen atoms in total. The van der Waals surface area contributed by atoms with Crippen LogP contribution in [0.1, 0.15) is 23.2 Å². The number of aliphatic hydroxyl groups is 1. The highest BCUT2D eigenvalue weighted by Crippen LogP contribution is 2.19. The molecular weight excluding hydrogens is 240 g/mol. The number of benzene rings is 1. The van der Waals surface area contributed by atoms with E-state index < -0.39 is 0 Å². The number of fused-ring (bicyclic) bond motifs is 1. The van der Waals surface area contributed by atoms with Crippen molar-refractivity contribution in [1.82, 2.24) is 9.47 Å². The molecule has 1 saturated heterocycles. The summed E-state index contributed by atoms with van der Waals surface area (Å²) < 4.78 is 2.02. The summed E-state index contributed by atoms with van der Waals surface area (Å²) in [5.74, 6) is 0.0648. The predicted molar refractivity (Wildman–Crippen MR) is 74.1 cm³/mol. The molecule has 100 valence electrons. The Morgan fingerprint density at radius 3 is 2.74 bits per heavy atom. The van der Waals surface area contributed by atoms with Gasteiger partial charge in [0.25, 0.3) is 5.91 Å². The van der Waals surface area contributed by atoms with Crippen molar-refractivity contribution in [3.63, 3.8) is 0 Å². The molecule has 1 aliphatic heterocycles. The minimum atomic E-state index is -0.251. The van der Waals surface area contributed by atoms with E-state index in [0.29, 0.717) is 25.9 Å². The number of amides is 1. The first-order valence-corrected chi connectivity index (χ1v) is 6.67. The van der Waals surface area contributed by atoms with Gasteiger partial charge >= 0.3 is 0 Å². The van der Waals surface area contributed by atoms with Crippen molar-refractivity contribution in [3.05, 3.63) is 36.0 Å². The summed E-state index contributed by atoms with van der Waals surface area (Å²) in [6.07, 6.45) is 3.10. The van der Waals surface area contributed by atoms with Crippen molar-refractivity contribution in [2.45, 2.75) is 18.9 Å². The van der Waals surface area contributed by atoms with Gasteiger partial charge in [-0.15, -0.1) is 0 Å². The third-order valence-corrected chi connectivity index (χ3v) is 3.89. The first kappa shape index (κ1) is 12.2. The van der Waals surface area contributed by atoms with Crippen LogP contribution in [0.4, 0.5) is 0 Å². The monoisotopic (exact) mass is 258 g/mol. The lowest BCUT2D eigenvalue weighted by molar-refractivity contribution is 0.0546. The summed E-state index contributed by atoms with van der Waals surface area (Å²) in [4.78, 5) is 14.2. The Labute approximate surface area is 112 Å². The summed E-state index contributed by atoms with van der Waals surface area (Å²) in [7, 11) is 1.98. The first-order valence-electron chi connectivity index (χ1n) is 6.67. The molecular formula is C15H18N2O2. The van der Waals surface area contributed by atoms with Gasteiger partial charge in [-0.25, -0.2) is 0 Å². The highest BCUT2D eigenvalue weighted by Gasteiger charge is 2.22. The lowest BCUT2D eigenvalue weighted by Gasteiger charge is -2.29. The fraction of sp³-hybridized carbons (Fsp3) is 0.400. The number of aromatic nitrogens is 1. The highest BCUT2D eigenvalue weighted by atomic mass is 16.3. The molecule has 0 atom stereocenters. The molecule has 2 heterocycles. The Kier molecular flexibility index (Phi) is 3.03. The van der Waals surface area contributed by atoms with Crippen LogP contribution in [0.2, 0.25) is 0 Å². The fourth-order valence-electron chi connectivity index (χ4n) is 2.65. The Bertz CT molecular complexity index is 610. The topological polar surface area (TPSA) is 45.5 Å². The molecule has 19 heavy (non-hydrogen) atoms. The second kappa shape index (κ2) is 4.70. The van der Waals surface area contributed by atoms with Gasteiger partial charge in [-0.3, -0.25) is 4.79 Å². The van der Waals surface area contributed by atoms with Crippen molar-refractivity contribution in [3.8, 4) is 0 Å². The van der Waals surface area contributed by atoms with Crippen molar-refractivity contribution in [2.24, 2.45) is 7.05 Å². The van der Waals surface area contributed by atoms with Gasteiger partial charge in [-0.2, -0.15) is 0 Å². The number of hydrogen-bond donors (Lipinski definition) is 1. The van der Waals surface area contributed by atoms with Crippen LogP contribution in [-0.4, -0.2) is 39.7 Å². The second-order valence-electron chi connectivity index (χ2n) is 5.22. The third-order valence-electron chi connectivity index (χ3n) is 3.89. The van der Waals surface area contributed by atoms with Gasteiger partial charge in [0.05, 0.1) is 6.10 Å². The summed E-state index contributed by atoms with van der Waals surface area (Å²) in [6, 6.07) is 7.86. The average molecular weight is 258 g/mol. The van der Waals surface area contributed by atoms with Gasteiger partial charge < -0.3 is 14.6 Å². The van der Waals surface area contributed by atoms with Gasteiger partial charge in [0, 0.05) is 37.4 Å². The number of aliphatic hydroxyl groups excluding tert-OH is 1. The van der Waals surface area contributed by atoms with Crippen LogP contribution in [0.5, 0.6) is 0 Å². The molecule has 0 spiro atoms. The van der Waals surface area contributed by atoms with E-state index in [9.17, 15) is 9.90 Å². The molecule has 1 N–H and O–H groups in total. The molecule has 0 radical (unpaired) electrons. The van der Waals surface area contributed by atoms with E-state index in [0.717, 1.165) is 16.5 Å². The Balaban J connectivity index is 1.87. The Morgan fingerprint density at radius 1 is 1.26 bits per heavy atom. The third kappa shape index (κ3) is 2.24. The summed E-state index contributed by atoms with van der Waals surface area (Å²) in [5.41, 5.74) is 1.80. The summed E-state index contributed by atoms with van der Waals surface area (Å²) >= 11 is 0. The molecule has 0 saturated carbocycles. The number of piperidine rings is 1. The maximum absolute atomic E-state index is 12.4. The van der Waals surface area contributed by atoms with Crippen LogP contribution in [0, 0.1) is 0 Å². The van der Waals surface area contributed by atoms with E-state index >= 15 is 0 Å². The maximum atomic E-state index is 12.4. The number of carbonyl (C=O) groups is 1. The van der Waals surface area contributed by atoms with Crippen molar-refractivity contribution in [2.75, 3.05) is 13.1 Å². The van der Waals surface area contributed by atoms with Gasteiger partial charge in [-0.05, 0) is 36.4 Å². The molecule has 3 rings (SSSR count). The predicted octanol–water partition coefficient (Wildman–Crippen LogP) is 1.78. The number of rotatable bonds is 1. The van der Waals surface area contributed by atoms with Crippen molar-refractivity contribution in [1.29, 1.82) is 0 Å². The quantitative estimate of drug-likeness (QED) is 0.847. The van der Waals surface area contributed by atoms with E-state index in [1.54, 1.807) is 0 Å². The van der Waals surface area contributed by atoms with E-state index in [1.165, 1.54) is 0 Å². The van der Waals surface area contributed by atoms with Crippen LogP contribution >= 0.6 is 0 Å². The zero-order chi connectivity index (χ0) is 13.4. The molecule has 1 aliphatic rings. The minimum absolute atomic E-state index is 0.0648. The molecule has 0 unspecified atom stereocenters. The molecule has 0 bridgehead atoms. The molecule has 1 amide bonds. The average Bonchev–Trinajstić information content (AvgIpc) is 2.80. The SMILES string of the molecule is Cn1ccc2ccc(C(=O)N3CCC(O)CC3)cc21. The molecule has 1 fully saturated rings. The molecule has 2 aromatic rings. The number of hydrogen-bond acceptors (Lipinski definition) is 2. The Hall–Kier alpha value is -1.81.